The molecule has 0 fully saturated rings. The van der Waals surface area contributed by atoms with Crippen molar-refractivity contribution >= 4 is 28.7 Å². The van der Waals surface area contributed by atoms with Crippen LogP contribution in [0.2, 0.25) is 0 Å². The van der Waals surface area contributed by atoms with Crippen LogP contribution in [0.15, 0.2) is 72.8 Å². The van der Waals surface area contributed by atoms with Crippen LogP contribution in [-0.4, -0.2) is 24.4 Å². The normalized spacial score (nSPS) is 10.2. The van der Waals surface area contributed by atoms with Crippen molar-refractivity contribution in [2.45, 2.75) is 6.54 Å². The zero-order valence-electron chi connectivity index (χ0n) is 15.8. The van der Waals surface area contributed by atoms with Gasteiger partial charge in [0.1, 0.15) is 17.2 Å². The average molecular weight is 394 g/mol. The standard InChI is InChI=1S/C22H22N2O3S/c1-26-19-12-10-18(11-13-19)24(15-16-6-3-4-9-21(16)25)22(28)23-17-7-5-8-20(14-17)27-2/h3-14,25H,15H2,1-2H3,(H,23,28). The van der Waals surface area contributed by atoms with Gasteiger partial charge >= 0.3 is 0 Å². The van der Waals surface area contributed by atoms with Crippen LogP contribution in [0.25, 0.3) is 0 Å². The highest BCUT2D eigenvalue weighted by Crippen LogP contribution is 2.26. The molecule has 5 nitrogen and oxygen atoms in total. The van der Waals surface area contributed by atoms with E-state index in [-0.39, 0.29) is 5.75 Å². The summed E-state index contributed by atoms with van der Waals surface area (Å²) in [5, 5.41) is 14.0. The second-order valence-electron chi connectivity index (χ2n) is 6.07. The fourth-order valence-corrected chi connectivity index (χ4v) is 3.04. The fourth-order valence-electron chi connectivity index (χ4n) is 2.75. The molecule has 0 atom stereocenters. The van der Waals surface area contributed by atoms with Crippen LogP contribution in [0.5, 0.6) is 17.2 Å². The van der Waals surface area contributed by atoms with E-state index < -0.39 is 0 Å². The van der Waals surface area contributed by atoms with Crippen LogP contribution < -0.4 is 19.7 Å². The minimum absolute atomic E-state index is 0.227. The molecule has 0 saturated carbocycles. The van der Waals surface area contributed by atoms with Crippen LogP contribution >= 0.6 is 12.2 Å². The third kappa shape index (κ3) is 4.72. The number of hydrogen-bond acceptors (Lipinski definition) is 4. The molecule has 2 N–H and O–H groups in total. The molecule has 0 aliphatic heterocycles. The Kier molecular flexibility index (Phi) is 6.34. The third-order valence-corrected chi connectivity index (χ3v) is 4.59. The van der Waals surface area contributed by atoms with Gasteiger partial charge in [-0.15, -0.1) is 0 Å². The first kappa shape index (κ1) is 19.5. The second-order valence-corrected chi connectivity index (χ2v) is 6.46. The van der Waals surface area contributed by atoms with Gasteiger partial charge in [-0.05, 0) is 54.7 Å². The van der Waals surface area contributed by atoms with Crippen LogP contribution in [0.1, 0.15) is 5.56 Å². The molecular formula is C22H22N2O3S. The lowest BCUT2D eigenvalue weighted by molar-refractivity contribution is 0.415. The number of thiocarbonyl (C=S) groups is 1. The number of ether oxygens (including phenoxy) is 2. The number of phenols is 1. The van der Waals surface area contributed by atoms with Gasteiger partial charge in [0.15, 0.2) is 5.11 Å². The Balaban J connectivity index is 1.89. The van der Waals surface area contributed by atoms with Crippen molar-refractivity contribution in [1.82, 2.24) is 0 Å². The van der Waals surface area contributed by atoms with E-state index in [1.807, 2.05) is 65.6 Å². The van der Waals surface area contributed by atoms with E-state index in [4.69, 9.17) is 21.7 Å². The number of para-hydroxylation sites is 1. The van der Waals surface area contributed by atoms with Crippen molar-refractivity contribution in [2.24, 2.45) is 0 Å². The summed E-state index contributed by atoms with van der Waals surface area (Å²) in [6.07, 6.45) is 0. The molecule has 0 aliphatic carbocycles. The number of nitrogens with zero attached hydrogens (tertiary/aromatic N) is 1. The molecule has 144 valence electrons. The average Bonchev–Trinajstić information content (AvgIpc) is 2.73. The number of phenolic OH excluding ortho intramolecular Hbond substituents is 1. The van der Waals surface area contributed by atoms with Crippen LogP contribution in [0.3, 0.4) is 0 Å². The zero-order chi connectivity index (χ0) is 19.9. The Hall–Kier alpha value is -3.25. The first-order chi connectivity index (χ1) is 13.6. The van der Waals surface area contributed by atoms with Crippen molar-refractivity contribution in [1.29, 1.82) is 0 Å². The highest BCUT2D eigenvalue weighted by molar-refractivity contribution is 7.80. The molecule has 3 rings (SSSR count). The van der Waals surface area contributed by atoms with Gasteiger partial charge < -0.3 is 24.8 Å². The van der Waals surface area contributed by atoms with E-state index in [0.717, 1.165) is 28.4 Å². The third-order valence-electron chi connectivity index (χ3n) is 4.27. The summed E-state index contributed by atoms with van der Waals surface area (Å²) in [6.45, 7) is 0.412. The van der Waals surface area contributed by atoms with E-state index in [9.17, 15) is 5.11 Å². The summed E-state index contributed by atoms with van der Waals surface area (Å²) < 4.78 is 10.5. The SMILES string of the molecule is COc1ccc(N(Cc2ccccc2O)C(=S)Nc2cccc(OC)c2)cc1. The number of anilines is 2. The van der Waals surface area contributed by atoms with Crippen LogP contribution in [0.4, 0.5) is 11.4 Å². The molecule has 0 amide bonds. The van der Waals surface area contributed by atoms with Crippen molar-refractivity contribution in [3.05, 3.63) is 78.4 Å². The number of rotatable bonds is 6. The molecule has 0 radical (unpaired) electrons. The molecular weight excluding hydrogens is 372 g/mol. The van der Waals surface area contributed by atoms with Crippen LogP contribution in [-0.2, 0) is 6.54 Å². The van der Waals surface area contributed by atoms with Crippen molar-refractivity contribution in [3.8, 4) is 17.2 Å². The Morgan fingerprint density at radius 1 is 0.929 bits per heavy atom. The summed E-state index contributed by atoms with van der Waals surface area (Å²) in [7, 11) is 3.25. The smallest absolute Gasteiger partial charge is 0.178 e. The first-order valence-corrected chi connectivity index (χ1v) is 9.15. The van der Waals surface area contributed by atoms with Gasteiger partial charge in [-0.1, -0.05) is 24.3 Å². The molecule has 3 aromatic carbocycles. The molecule has 0 spiro atoms. The topological polar surface area (TPSA) is 54.0 Å². The van der Waals surface area contributed by atoms with E-state index in [1.54, 1.807) is 26.4 Å². The summed E-state index contributed by atoms with van der Waals surface area (Å²) in [5.74, 6) is 1.73. The van der Waals surface area contributed by atoms with Gasteiger partial charge in [-0.3, -0.25) is 0 Å². The molecule has 6 heteroatoms. The summed E-state index contributed by atoms with van der Waals surface area (Å²) in [4.78, 5) is 1.92. The first-order valence-electron chi connectivity index (χ1n) is 8.74. The molecule has 0 heterocycles. The second kappa shape index (κ2) is 9.10. The Bertz CT molecular complexity index is 945. The molecule has 28 heavy (non-hydrogen) atoms. The predicted molar refractivity (Wildman–Crippen MR) is 116 cm³/mol. The minimum Gasteiger partial charge on any atom is -0.508 e. The molecule has 0 aromatic heterocycles. The van der Waals surface area contributed by atoms with Crippen molar-refractivity contribution in [2.75, 3.05) is 24.4 Å². The summed E-state index contributed by atoms with van der Waals surface area (Å²) in [6, 6.07) is 22.4. The Morgan fingerprint density at radius 2 is 1.64 bits per heavy atom. The number of aromatic hydroxyl groups is 1. The van der Waals surface area contributed by atoms with Crippen LogP contribution in [0, 0.1) is 0 Å². The predicted octanol–water partition coefficient (Wildman–Crippen LogP) is 4.81. The monoisotopic (exact) mass is 394 g/mol. The van der Waals surface area contributed by atoms with Gasteiger partial charge in [0.2, 0.25) is 0 Å². The molecule has 0 bridgehead atoms. The highest BCUT2D eigenvalue weighted by Gasteiger charge is 2.15. The number of nitrogens with one attached hydrogen (secondary N) is 1. The summed E-state index contributed by atoms with van der Waals surface area (Å²) in [5.41, 5.74) is 2.47. The molecule has 0 aliphatic rings. The molecule has 3 aromatic rings. The van der Waals surface area contributed by atoms with E-state index in [0.29, 0.717) is 11.7 Å². The lowest BCUT2D eigenvalue weighted by Crippen LogP contribution is -2.34. The van der Waals surface area contributed by atoms with E-state index >= 15 is 0 Å². The van der Waals surface area contributed by atoms with E-state index in [2.05, 4.69) is 5.32 Å². The van der Waals surface area contributed by atoms with Gasteiger partial charge in [0.05, 0.1) is 20.8 Å². The van der Waals surface area contributed by atoms with Gasteiger partial charge in [-0.2, -0.15) is 0 Å². The Labute approximate surface area is 170 Å². The maximum Gasteiger partial charge on any atom is 0.178 e. The van der Waals surface area contributed by atoms with Crippen molar-refractivity contribution < 1.29 is 14.6 Å². The molecule has 0 saturated heterocycles. The lowest BCUT2D eigenvalue weighted by Gasteiger charge is -2.27. The van der Waals surface area contributed by atoms with Crippen molar-refractivity contribution in [3.63, 3.8) is 0 Å². The lowest BCUT2D eigenvalue weighted by atomic mass is 10.1. The van der Waals surface area contributed by atoms with Gasteiger partial charge in [0.25, 0.3) is 0 Å². The van der Waals surface area contributed by atoms with Gasteiger partial charge in [0, 0.05) is 23.0 Å². The largest absolute Gasteiger partial charge is 0.508 e. The maximum atomic E-state index is 10.2. The number of methoxy groups -OCH3 is 2. The fraction of sp³-hybridized carbons (Fsp3) is 0.136. The maximum absolute atomic E-state index is 10.2. The zero-order valence-corrected chi connectivity index (χ0v) is 16.6. The summed E-state index contributed by atoms with van der Waals surface area (Å²) >= 11 is 5.68. The quantitative estimate of drug-likeness (QED) is 0.585. The Morgan fingerprint density at radius 3 is 2.32 bits per heavy atom. The number of benzene rings is 3. The number of hydrogen-bond donors (Lipinski definition) is 2. The van der Waals surface area contributed by atoms with E-state index in [1.165, 1.54) is 0 Å². The minimum atomic E-state index is 0.227. The van der Waals surface area contributed by atoms with Gasteiger partial charge in [-0.25, -0.2) is 0 Å². The molecule has 0 unspecified atom stereocenters. The highest BCUT2D eigenvalue weighted by atomic mass is 32.1.